The van der Waals surface area contributed by atoms with Crippen molar-refractivity contribution in [3.05, 3.63) is 66.0 Å². The Morgan fingerprint density at radius 2 is 1.71 bits per heavy atom. The lowest BCUT2D eigenvalue weighted by molar-refractivity contribution is -0.140. The maximum Gasteiger partial charge on any atom is 0.242 e. The summed E-state index contributed by atoms with van der Waals surface area (Å²) in [7, 11) is -3.82. The molecule has 2 aromatic rings. The van der Waals surface area contributed by atoms with Crippen LogP contribution in [0.2, 0.25) is 0 Å². The summed E-state index contributed by atoms with van der Waals surface area (Å²) in [5, 5.41) is 11.0. The molecule has 1 aromatic heterocycles. The van der Waals surface area contributed by atoms with Gasteiger partial charge < -0.3 is 15.5 Å². The Balaban J connectivity index is 1.44. The standard InChI is InChI=1S/C29H39N7O5S/c1-42(40,41)36(25(18-21-6-3-2-4-7-21)28(39)35-15-5-8-24(35)27(30)38)20-23-11-16-34(17-12-23)29(31)33-26(37)19-22-9-13-32-14-10-22/h2-4,6-7,9-10,13-14,23-25H,5,8,11-12,15-20H2,1H3,(H2,30,38)(H2,31,33,37)/t24-,25+/m0/s1. The number of likely N-dealkylation sites (tertiary alicyclic amines) is 2. The number of guanidine groups is 1. The number of hydrogen-bond donors (Lipinski definition) is 3. The molecule has 12 nitrogen and oxygen atoms in total. The highest BCUT2D eigenvalue weighted by molar-refractivity contribution is 7.88. The van der Waals surface area contributed by atoms with Gasteiger partial charge in [0.25, 0.3) is 0 Å². The van der Waals surface area contributed by atoms with Gasteiger partial charge in [0.2, 0.25) is 27.7 Å². The fourth-order valence-corrected chi connectivity index (χ4v) is 6.80. The van der Waals surface area contributed by atoms with Crippen LogP contribution in [0.4, 0.5) is 0 Å². The number of piperidine rings is 1. The first-order chi connectivity index (χ1) is 20.0. The van der Waals surface area contributed by atoms with Crippen LogP contribution in [0.1, 0.15) is 36.8 Å². The highest BCUT2D eigenvalue weighted by Gasteiger charge is 2.41. The number of rotatable bonds is 10. The minimum absolute atomic E-state index is 0.0103. The minimum atomic E-state index is -3.82. The second-order valence-corrected chi connectivity index (χ2v) is 12.9. The molecule has 4 rings (SSSR count). The highest BCUT2D eigenvalue weighted by Crippen LogP contribution is 2.26. The smallest absolute Gasteiger partial charge is 0.242 e. The Morgan fingerprint density at radius 3 is 2.33 bits per heavy atom. The maximum atomic E-state index is 13.9. The number of hydrogen-bond acceptors (Lipinski definition) is 7. The zero-order valence-electron chi connectivity index (χ0n) is 23.8. The summed E-state index contributed by atoms with van der Waals surface area (Å²) in [5.41, 5.74) is 7.19. The molecule has 1 aromatic carbocycles. The fraction of sp³-hybridized carbons (Fsp3) is 0.483. The normalized spacial score (nSPS) is 18.6. The molecule has 2 fully saturated rings. The Morgan fingerprint density at radius 1 is 1.05 bits per heavy atom. The SMILES string of the molecule is CS(=O)(=O)N(CC1CCN(C(=N)NC(=O)Cc2ccncc2)CC1)[C@H](Cc1ccccc1)C(=O)N1CCC[C@H]1C(N)=O. The number of amides is 3. The number of nitrogens with zero attached hydrogens (tertiary/aromatic N) is 4. The van der Waals surface area contributed by atoms with Crippen molar-refractivity contribution in [2.45, 2.75) is 50.6 Å². The Hall–Kier alpha value is -3.84. The number of sulfonamides is 1. The van der Waals surface area contributed by atoms with Crippen molar-refractivity contribution in [3.8, 4) is 0 Å². The summed E-state index contributed by atoms with van der Waals surface area (Å²) >= 11 is 0. The zero-order valence-corrected chi connectivity index (χ0v) is 24.6. The second-order valence-electron chi connectivity index (χ2n) is 11.0. The third-order valence-corrected chi connectivity index (χ3v) is 9.19. The second kappa shape index (κ2) is 13.9. The van der Waals surface area contributed by atoms with E-state index in [2.05, 4.69) is 10.3 Å². The van der Waals surface area contributed by atoms with Crippen LogP contribution in [0.3, 0.4) is 0 Å². The summed E-state index contributed by atoms with van der Waals surface area (Å²) in [6.45, 7) is 1.41. The van der Waals surface area contributed by atoms with E-state index in [4.69, 9.17) is 11.1 Å². The molecule has 3 heterocycles. The van der Waals surface area contributed by atoms with Gasteiger partial charge in [-0.25, -0.2) is 8.42 Å². The van der Waals surface area contributed by atoms with Crippen LogP contribution in [0.25, 0.3) is 0 Å². The number of benzene rings is 1. The summed E-state index contributed by atoms with van der Waals surface area (Å²) in [6, 6.07) is 10.9. The number of aromatic nitrogens is 1. The van der Waals surface area contributed by atoms with E-state index >= 15 is 0 Å². The molecule has 2 aliphatic rings. The van der Waals surface area contributed by atoms with E-state index in [1.54, 1.807) is 29.4 Å². The molecule has 2 aliphatic heterocycles. The van der Waals surface area contributed by atoms with Gasteiger partial charge in [0.15, 0.2) is 5.96 Å². The van der Waals surface area contributed by atoms with Gasteiger partial charge in [-0.15, -0.1) is 0 Å². The van der Waals surface area contributed by atoms with Crippen LogP contribution in [-0.2, 0) is 37.2 Å². The van der Waals surface area contributed by atoms with Crippen LogP contribution < -0.4 is 11.1 Å². The molecule has 13 heteroatoms. The molecule has 0 aliphatic carbocycles. The molecule has 0 radical (unpaired) electrons. The van der Waals surface area contributed by atoms with Gasteiger partial charge in [-0.3, -0.25) is 30.1 Å². The van der Waals surface area contributed by atoms with Crippen LogP contribution in [-0.4, -0.2) is 95.7 Å². The lowest BCUT2D eigenvalue weighted by Gasteiger charge is -2.38. The molecular formula is C29H39N7O5S. The van der Waals surface area contributed by atoms with Crippen LogP contribution in [0.15, 0.2) is 54.9 Å². The quantitative estimate of drug-likeness (QED) is 0.268. The van der Waals surface area contributed by atoms with E-state index in [-0.39, 0.29) is 37.2 Å². The first-order valence-electron chi connectivity index (χ1n) is 14.2. The van der Waals surface area contributed by atoms with Gasteiger partial charge >= 0.3 is 0 Å². The molecule has 0 bridgehead atoms. The van der Waals surface area contributed by atoms with Crippen molar-refractivity contribution < 1.29 is 22.8 Å². The molecule has 3 amide bonds. The predicted molar refractivity (Wildman–Crippen MR) is 158 cm³/mol. The van der Waals surface area contributed by atoms with Gasteiger partial charge in [-0.1, -0.05) is 30.3 Å². The van der Waals surface area contributed by atoms with Crippen LogP contribution >= 0.6 is 0 Å². The van der Waals surface area contributed by atoms with E-state index in [9.17, 15) is 22.8 Å². The predicted octanol–water partition coefficient (Wildman–Crippen LogP) is 0.736. The monoisotopic (exact) mass is 597 g/mol. The topological polar surface area (TPSA) is 170 Å². The molecule has 226 valence electrons. The van der Waals surface area contributed by atoms with Gasteiger partial charge in [-0.05, 0) is 61.3 Å². The van der Waals surface area contributed by atoms with Gasteiger partial charge in [0.05, 0.1) is 12.7 Å². The number of pyridine rings is 1. The van der Waals surface area contributed by atoms with Crippen molar-refractivity contribution in [1.29, 1.82) is 5.41 Å². The van der Waals surface area contributed by atoms with Crippen LogP contribution in [0.5, 0.6) is 0 Å². The highest BCUT2D eigenvalue weighted by atomic mass is 32.2. The van der Waals surface area contributed by atoms with E-state index in [1.807, 2.05) is 30.3 Å². The molecular weight excluding hydrogens is 558 g/mol. The molecule has 2 atom stereocenters. The van der Waals surface area contributed by atoms with E-state index < -0.39 is 33.9 Å². The number of nitrogens with two attached hydrogens (primary N) is 1. The molecule has 4 N–H and O–H groups in total. The number of nitrogens with one attached hydrogen (secondary N) is 2. The Bertz CT molecular complexity index is 1370. The lowest BCUT2D eigenvalue weighted by atomic mass is 9.95. The van der Waals surface area contributed by atoms with E-state index in [0.717, 1.165) is 17.4 Å². The molecule has 0 unspecified atom stereocenters. The lowest BCUT2D eigenvalue weighted by Crippen LogP contribution is -2.56. The molecule has 0 saturated carbocycles. The first-order valence-corrected chi connectivity index (χ1v) is 16.0. The van der Waals surface area contributed by atoms with Gasteiger partial charge in [0, 0.05) is 38.6 Å². The van der Waals surface area contributed by atoms with Gasteiger partial charge in [-0.2, -0.15) is 4.31 Å². The summed E-state index contributed by atoms with van der Waals surface area (Å²) in [5.74, 6) is -1.35. The third kappa shape index (κ3) is 8.13. The number of primary amides is 1. The minimum Gasteiger partial charge on any atom is -0.368 e. The van der Waals surface area contributed by atoms with Crippen LogP contribution in [0, 0.1) is 11.3 Å². The van der Waals surface area contributed by atoms with E-state index in [1.165, 1.54) is 9.21 Å². The van der Waals surface area contributed by atoms with Crippen molar-refractivity contribution in [1.82, 2.24) is 24.4 Å². The maximum absolute atomic E-state index is 13.9. The summed E-state index contributed by atoms with van der Waals surface area (Å²) in [4.78, 5) is 45.5. The number of carbonyl (C=O) groups is 3. The summed E-state index contributed by atoms with van der Waals surface area (Å²) < 4.78 is 27.6. The Kier molecular flexibility index (Phi) is 10.3. The zero-order chi connectivity index (χ0) is 30.3. The third-order valence-electron chi connectivity index (χ3n) is 7.94. The molecule has 42 heavy (non-hydrogen) atoms. The van der Waals surface area contributed by atoms with Crippen molar-refractivity contribution in [2.24, 2.45) is 11.7 Å². The van der Waals surface area contributed by atoms with Crippen molar-refractivity contribution in [2.75, 3.05) is 32.4 Å². The van der Waals surface area contributed by atoms with Crippen molar-refractivity contribution in [3.63, 3.8) is 0 Å². The first kappa shape index (κ1) is 31.1. The Labute approximate surface area is 246 Å². The molecule has 2 saturated heterocycles. The number of carbonyl (C=O) groups excluding carboxylic acids is 3. The molecule has 0 spiro atoms. The van der Waals surface area contributed by atoms with E-state index in [0.29, 0.717) is 45.3 Å². The largest absolute Gasteiger partial charge is 0.368 e. The summed E-state index contributed by atoms with van der Waals surface area (Å²) in [6.07, 6.45) is 6.87. The van der Waals surface area contributed by atoms with Gasteiger partial charge in [0.1, 0.15) is 12.1 Å². The van der Waals surface area contributed by atoms with Crippen molar-refractivity contribution >= 4 is 33.7 Å². The fourth-order valence-electron chi connectivity index (χ4n) is 5.70. The average Bonchev–Trinajstić information content (AvgIpc) is 3.46. The average molecular weight is 598 g/mol.